The molecule has 0 aliphatic carbocycles. The second-order valence-corrected chi connectivity index (χ2v) is 4.20. The molecule has 0 fully saturated rings. The van der Waals surface area contributed by atoms with Crippen molar-refractivity contribution >= 4 is 17.0 Å². The van der Waals surface area contributed by atoms with Crippen molar-refractivity contribution in [3.8, 4) is 5.69 Å². The summed E-state index contributed by atoms with van der Waals surface area (Å²) in [7, 11) is 0. The molecule has 2 N–H and O–H groups in total. The van der Waals surface area contributed by atoms with E-state index in [0.29, 0.717) is 11.6 Å². The number of benzene rings is 2. The molecule has 2 aromatic carbocycles. The fourth-order valence-electron chi connectivity index (χ4n) is 2.14. The van der Waals surface area contributed by atoms with Gasteiger partial charge in [0, 0.05) is 0 Å². The summed E-state index contributed by atoms with van der Waals surface area (Å²) in [4.78, 5) is 4.30. The first kappa shape index (κ1) is 10.8. The van der Waals surface area contributed by atoms with Gasteiger partial charge < -0.3 is 5.73 Å². The molecule has 0 spiro atoms. The third-order valence-corrected chi connectivity index (χ3v) is 3.01. The van der Waals surface area contributed by atoms with Gasteiger partial charge in [0.2, 0.25) is 5.95 Å². The molecule has 0 unspecified atom stereocenters. The minimum atomic E-state index is -0.315. The minimum Gasteiger partial charge on any atom is -0.369 e. The second-order valence-electron chi connectivity index (χ2n) is 4.20. The zero-order chi connectivity index (χ0) is 12.7. The summed E-state index contributed by atoms with van der Waals surface area (Å²) < 4.78 is 15.5. The van der Waals surface area contributed by atoms with Gasteiger partial charge in [-0.1, -0.05) is 24.3 Å². The Morgan fingerprint density at radius 2 is 1.89 bits per heavy atom. The molecule has 0 amide bonds. The van der Waals surface area contributed by atoms with Crippen molar-refractivity contribution in [2.24, 2.45) is 0 Å². The van der Waals surface area contributed by atoms with Crippen LogP contribution in [-0.4, -0.2) is 9.55 Å². The molecular formula is C14H12FN3. The summed E-state index contributed by atoms with van der Waals surface area (Å²) in [6, 6.07) is 12.3. The zero-order valence-electron chi connectivity index (χ0n) is 9.89. The molecule has 18 heavy (non-hydrogen) atoms. The summed E-state index contributed by atoms with van der Waals surface area (Å²) in [6.45, 7) is 1.96. The quantitative estimate of drug-likeness (QED) is 0.711. The molecule has 0 bridgehead atoms. The molecule has 0 radical (unpaired) electrons. The van der Waals surface area contributed by atoms with Crippen LogP contribution in [0.25, 0.3) is 16.7 Å². The van der Waals surface area contributed by atoms with Crippen LogP contribution in [0.2, 0.25) is 0 Å². The lowest BCUT2D eigenvalue weighted by atomic mass is 10.2. The van der Waals surface area contributed by atoms with E-state index in [1.165, 1.54) is 6.07 Å². The van der Waals surface area contributed by atoms with Crippen molar-refractivity contribution in [1.82, 2.24) is 9.55 Å². The number of aromatic nitrogens is 2. The van der Waals surface area contributed by atoms with E-state index in [-0.39, 0.29) is 5.82 Å². The summed E-state index contributed by atoms with van der Waals surface area (Å²) >= 11 is 0. The van der Waals surface area contributed by atoms with Gasteiger partial charge in [0.1, 0.15) is 5.82 Å². The van der Waals surface area contributed by atoms with Crippen LogP contribution < -0.4 is 5.73 Å². The highest BCUT2D eigenvalue weighted by Crippen LogP contribution is 2.26. The maximum absolute atomic E-state index is 13.9. The molecule has 1 aromatic heterocycles. The van der Waals surface area contributed by atoms with Crippen LogP contribution in [0.3, 0.4) is 0 Å². The van der Waals surface area contributed by atoms with Gasteiger partial charge in [-0.15, -0.1) is 0 Å². The number of rotatable bonds is 1. The molecular weight excluding hydrogens is 229 g/mol. The smallest absolute Gasteiger partial charge is 0.206 e. The lowest BCUT2D eigenvalue weighted by Crippen LogP contribution is -2.02. The standard InChI is InChI=1S/C14H12FN3/c1-9-5-4-8-12-13(9)17-14(16)18(12)11-7-3-2-6-10(11)15/h2-8H,1H3,(H2,16,17). The van der Waals surface area contributed by atoms with Crippen LogP contribution in [0, 0.1) is 12.7 Å². The van der Waals surface area contributed by atoms with Gasteiger partial charge in [-0.2, -0.15) is 0 Å². The first-order valence-electron chi connectivity index (χ1n) is 5.67. The van der Waals surface area contributed by atoms with Crippen molar-refractivity contribution in [1.29, 1.82) is 0 Å². The minimum absolute atomic E-state index is 0.296. The van der Waals surface area contributed by atoms with Crippen molar-refractivity contribution < 1.29 is 4.39 Å². The number of fused-ring (bicyclic) bond motifs is 1. The normalized spacial score (nSPS) is 11.0. The number of hydrogen-bond acceptors (Lipinski definition) is 2. The predicted octanol–water partition coefficient (Wildman–Crippen LogP) is 3.06. The van der Waals surface area contributed by atoms with E-state index in [1.807, 2.05) is 25.1 Å². The largest absolute Gasteiger partial charge is 0.369 e. The van der Waals surface area contributed by atoms with Gasteiger partial charge >= 0.3 is 0 Å². The molecule has 3 nitrogen and oxygen atoms in total. The number of nitrogen functional groups attached to an aromatic ring is 1. The van der Waals surface area contributed by atoms with Gasteiger partial charge in [0.05, 0.1) is 16.7 Å². The van der Waals surface area contributed by atoms with E-state index in [1.54, 1.807) is 22.8 Å². The Balaban J connectivity index is 2.40. The highest BCUT2D eigenvalue weighted by Gasteiger charge is 2.13. The summed E-state index contributed by atoms with van der Waals surface area (Å²) in [5.74, 6) is -0.0191. The van der Waals surface area contributed by atoms with Crippen molar-refractivity contribution in [3.05, 3.63) is 53.8 Å². The Morgan fingerprint density at radius 3 is 2.67 bits per heavy atom. The number of imidazole rings is 1. The Hall–Kier alpha value is -2.36. The highest BCUT2D eigenvalue weighted by molar-refractivity contribution is 5.83. The lowest BCUT2D eigenvalue weighted by Gasteiger charge is -2.07. The fraction of sp³-hybridized carbons (Fsp3) is 0.0714. The zero-order valence-corrected chi connectivity index (χ0v) is 9.89. The Bertz CT molecular complexity index is 731. The van der Waals surface area contributed by atoms with Crippen LogP contribution in [0.1, 0.15) is 5.56 Å². The fourth-order valence-corrected chi connectivity index (χ4v) is 2.14. The van der Waals surface area contributed by atoms with Crippen LogP contribution in [0.4, 0.5) is 10.3 Å². The molecule has 0 saturated heterocycles. The lowest BCUT2D eigenvalue weighted by molar-refractivity contribution is 0.620. The summed E-state index contributed by atoms with van der Waals surface area (Å²) in [5, 5.41) is 0. The second kappa shape index (κ2) is 3.84. The average molecular weight is 241 g/mol. The molecule has 3 aromatic rings. The third kappa shape index (κ3) is 1.46. The molecule has 90 valence electrons. The van der Waals surface area contributed by atoms with E-state index >= 15 is 0 Å². The molecule has 0 aliphatic heterocycles. The predicted molar refractivity (Wildman–Crippen MR) is 70.2 cm³/mol. The Kier molecular flexibility index (Phi) is 2.30. The van der Waals surface area contributed by atoms with E-state index in [9.17, 15) is 4.39 Å². The van der Waals surface area contributed by atoms with E-state index < -0.39 is 0 Å². The number of anilines is 1. The van der Waals surface area contributed by atoms with Crippen molar-refractivity contribution in [3.63, 3.8) is 0 Å². The number of nitrogens with two attached hydrogens (primary N) is 1. The summed E-state index contributed by atoms with van der Waals surface area (Å²) in [5.41, 5.74) is 8.97. The van der Waals surface area contributed by atoms with E-state index in [4.69, 9.17) is 5.73 Å². The van der Waals surface area contributed by atoms with Gasteiger partial charge in [0.15, 0.2) is 0 Å². The van der Waals surface area contributed by atoms with Gasteiger partial charge in [-0.3, -0.25) is 4.57 Å². The summed E-state index contributed by atoms with van der Waals surface area (Å²) in [6.07, 6.45) is 0. The van der Waals surface area contributed by atoms with Crippen LogP contribution in [0.5, 0.6) is 0 Å². The third-order valence-electron chi connectivity index (χ3n) is 3.01. The van der Waals surface area contributed by atoms with Crippen molar-refractivity contribution in [2.45, 2.75) is 6.92 Å². The van der Waals surface area contributed by atoms with Crippen LogP contribution >= 0.6 is 0 Å². The maximum atomic E-state index is 13.9. The molecule has 0 aliphatic rings. The number of halogens is 1. The van der Waals surface area contributed by atoms with E-state index in [0.717, 1.165) is 16.6 Å². The first-order chi connectivity index (χ1) is 8.68. The van der Waals surface area contributed by atoms with Crippen LogP contribution in [0.15, 0.2) is 42.5 Å². The number of para-hydroxylation sites is 2. The molecule has 0 atom stereocenters. The molecule has 4 heteroatoms. The van der Waals surface area contributed by atoms with Gasteiger partial charge in [-0.25, -0.2) is 9.37 Å². The number of hydrogen-bond donors (Lipinski definition) is 1. The highest BCUT2D eigenvalue weighted by atomic mass is 19.1. The van der Waals surface area contributed by atoms with Crippen molar-refractivity contribution in [2.75, 3.05) is 5.73 Å². The Labute approximate surface area is 104 Å². The number of nitrogens with zero attached hydrogens (tertiary/aromatic N) is 2. The molecule has 3 rings (SSSR count). The van der Waals surface area contributed by atoms with Gasteiger partial charge in [0.25, 0.3) is 0 Å². The van der Waals surface area contributed by atoms with Crippen LogP contribution in [-0.2, 0) is 0 Å². The first-order valence-corrected chi connectivity index (χ1v) is 5.67. The number of aryl methyl sites for hydroxylation is 1. The SMILES string of the molecule is Cc1cccc2c1nc(N)n2-c1ccccc1F. The Morgan fingerprint density at radius 1 is 1.11 bits per heavy atom. The topological polar surface area (TPSA) is 43.8 Å². The molecule has 1 heterocycles. The molecule has 0 saturated carbocycles. The monoisotopic (exact) mass is 241 g/mol. The van der Waals surface area contributed by atoms with E-state index in [2.05, 4.69) is 4.98 Å². The van der Waals surface area contributed by atoms with Gasteiger partial charge in [-0.05, 0) is 30.7 Å². The maximum Gasteiger partial charge on any atom is 0.206 e. The average Bonchev–Trinajstić information content (AvgIpc) is 2.68.